The molecule has 0 fully saturated rings. The van der Waals surface area contributed by atoms with Crippen molar-refractivity contribution in [3.63, 3.8) is 0 Å². The summed E-state index contributed by atoms with van der Waals surface area (Å²) in [6, 6.07) is 0. The molecule has 0 amide bonds. The standard InChI is InChI=1S/C56H108O5/c1-3-5-7-9-11-13-15-17-19-21-23-25-27-29-30-32-34-36-38-40-42-44-46-48-50-55(58)60-53-54(52-57)61-56(59)51-49-47-45-43-41-39-37-35-33-31-28-26-24-22-20-18-16-14-12-10-8-6-4-2/h22,24,54,57H,3-21,23,25-53H2,1-2H3/b24-22-. The SMILES string of the molecule is CCCCCCCCCC/C=C\CCCCCCCCCCCCCC(=O)OC(CO)COC(=O)CCCCCCCCCCCCCCCCCCCCCCCCCC. The zero-order chi connectivity index (χ0) is 44.2. The summed E-state index contributed by atoms with van der Waals surface area (Å²) >= 11 is 0. The van der Waals surface area contributed by atoms with Crippen molar-refractivity contribution in [3.8, 4) is 0 Å². The Morgan fingerprint density at radius 2 is 0.607 bits per heavy atom. The Bertz CT molecular complexity index is 886. The maximum atomic E-state index is 12.3. The van der Waals surface area contributed by atoms with Gasteiger partial charge >= 0.3 is 11.9 Å². The van der Waals surface area contributed by atoms with Crippen LogP contribution < -0.4 is 0 Å². The Kier molecular flexibility index (Phi) is 51.8. The molecule has 0 bridgehead atoms. The quantitative estimate of drug-likeness (QED) is 0.0375. The van der Waals surface area contributed by atoms with E-state index in [0.717, 1.165) is 32.1 Å². The van der Waals surface area contributed by atoms with Crippen LogP contribution in [0.25, 0.3) is 0 Å². The third-order valence-corrected chi connectivity index (χ3v) is 12.8. The van der Waals surface area contributed by atoms with Gasteiger partial charge in [-0.1, -0.05) is 276 Å². The first-order valence-corrected chi connectivity index (χ1v) is 27.7. The molecule has 0 aliphatic rings. The molecule has 1 atom stereocenters. The molecule has 0 radical (unpaired) electrons. The van der Waals surface area contributed by atoms with Crippen molar-refractivity contribution in [1.82, 2.24) is 0 Å². The molecule has 5 nitrogen and oxygen atoms in total. The number of hydrogen-bond acceptors (Lipinski definition) is 5. The fourth-order valence-corrected chi connectivity index (χ4v) is 8.61. The molecule has 0 spiro atoms. The van der Waals surface area contributed by atoms with Crippen molar-refractivity contribution >= 4 is 11.9 Å². The number of esters is 2. The van der Waals surface area contributed by atoms with E-state index in [1.54, 1.807) is 0 Å². The second-order valence-corrected chi connectivity index (χ2v) is 19.0. The average Bonchev–Trinajstić information content (AvgIpc) is 3.26. The molecule has 0 saturated carbocycles. The summed E-state index contributed by atoms with van der Waals surface area (Å²) in [4.78, 5) is 24.5. The number of rotatable bonds is 52. The Hall–Kier alpha value is -1.36. The molecule has 0 aromatic carbocycles. The smallest absolute Gasteiger partial charge is 0.306 e. The van der Waals surface area contributed by atoms with E-state index in [0.29, 0.717) is 12.8 Å². The second kappa shape index (κ2) is 53.0. The summed E-state index contributed by atoms with van der Waals surface area (Å²) < 4.78 is 10.7. The van der Waals surface area contributed by atoms with Crippen LogP contribution in [0.3, 0.4) is 0 Å². The number of aliphatic hydroxyl groups excluding tert-OH is 1. The minimum atomic E-state index is -0.767. The number of allylic oxidation sites excluding steroid dienone is 2. The molecule has 5 heteroatoms. The van der Waals surface area contributed by atoms with E-state index in [1.807, 2.05) is 0 Å². The summed E-state index contributed by atoms with van der Waals surface area (Å²) in [6.45, 7) is 4.20. The lowest BCUT2D eigenvalue weighted by atomic mass is 10.0. The highest BCUT2D eigenvalue weighted by molar-refractivity contribution is 5.70. The lowest BCUT2D eigenvalue weighted by molar-refractivity contribution is -0.161. The number of aliphatic hydroxyl groups is 1. The normalized spacial score (nSPS) is 12.1. The maximum Gasteiger partial charge on any atom is 0.306 e. The van der Waals surface area contributed by atoms with Gasteiger partial charge in [0.15, 0.2) is 6.10 Å². The lowest BCUT2D eigenvalue weighted by Gasteiger charge is -2.15. The number of carbonyl (C=O) groups is 2. The van der Waals surface area contributed by atoms with Crippen LogP contribution in [0.1, 0.15) is 316 Å². The van der Waals surface area contributed by atoms with Gasteiger partial charge in [0, 0.05) is 12.8 Å². The monoisotopic (exact) mass is 861 g/mol. The van der Waals surface area contributed by atoms with Crippen molar-refractivity contribution in [2.75, 3.05) is 13.2 Å². The summed E-state index contributed by atoms with van der Waals surface area (Å²) in [5.74, 6) is -0.570. The van der Waals surface area contributed by atoms with E-state index < -0.39 is 6.10 Å². The number of ether oxygens (including phenoxy) is 2. The van der Waals surface area contributed by atoms with Gasteiger partial charge in [0.1, 0.15) is 6.61 Å². The molecular weight excluding hydrogens is 753 g/mol. The predicted molar refractivity (Wildman–Crippen MR) is 265 cm³/mol. The Morgan fingerprint density at radius 1 is 0.361 bits per heavy atom. The molecule has 1 unspecified atom stereocenters. The van der Waals surface area contributed by atoms with Crippen molar-refractivity contribution in [2.45, 2.75) is 322 Å². The number of unbranched alkanes of at least 4 members (excludes halogenated alkanes) is 42. The van der Waals surface area contributed by atoms with Crippen LogP contribution in [0.15, 0.2) is 12.2 Å². The fourth-order valence-electron chi connectivity index (χ4n) is 8.61. The van der Waals surface area contributed by atoms with Gasteiger partial charge < -0.3 is 14.6 Å². The van der Waals surface area contributed by atoms with Crippen LogP contribution >= 0.6 is 0 Å². The van der Waals surface area contributed by atoms with Gasteiger partial charge in [-0.2, -0.15) is 0 Å². The molecule has 362 valence electrons. The van der Waals surface area contributed by atoms with Gasteiger partial charge in [0.25, 0.3) is 0 Å². The average molecular weight is 861 g/mol. The van der Waals surface area contributed by atoms with E-state index in [-0.39, 0.29) is 25.2 Å². The largest absolute Gasteiger partial charge is 0.462 e. The third kappa shape index (κ3) is 51.2. The van der Waals surface area contributed by atoms with Crippen LogP contribution in [0.4, 0.5) is 0 Å². The van der Waals surface area contributed by atoms with Crippen LogP contribution in [-0.4, -0.2) is 36.4 Å². The van der Waals surface area contributed by atoms with E-state index in [9.17, 15) is 14.7 Å². The molecule has 0 aromatic heterocycles. The maximum absolute atomic E-state index is 12.3. The van der Waals surface area contributed by atoms with Gasteiger partial charge in [-0.05, 0) is 38.5 Å². The van der Waals surface area contributed by atoms with Gasteiger partial charge in [-0.25, -0.2) is 0 Å². The summed E-state index contributed by atoms with van der Waals surface area (Å²) in [6.07, 6.45) is 64.7. The third-order valence-electron chi connectivity index (χ3n) is 12.8. The summed E-state index contributed by atoms with van der Waals surface area (Å²) in [7, 11) is 0. The molecular formula is C56H108O5. The van der Waals surface area contributed by atoms with E-state index in [4.69, 9.17) is 9.47 Å². The first-order valence-electron chi connectivity index (χ1n) is 27.7. The van der Waals surface area contributed by atoms with Gasteiger partial charge in [0.2, 0.25) is 0 Å². The minimum Gasteiger partial charge on any atom is -0.462 e. The Balaban J connectivity index is 3.42. The molecule has 0 aromatic rings. The van der Waals surface area contributed by atoms with E-state index >= 15 is 0 Å². The van der Waals surface area contributed by atoms with E-state index in [2.05, 4.69) is 26.0 Å². The van der Waals surface area contributed by atoms with Gasteiger partial charge in [-0.15, -0.1) is 0 Å². The molecule has 61 heavy (non-hydrogen) atoms. The van der Waals surface area contributed by atoms with Gasteiger partial charge in [0.05, 0.1) is 6.61 Å². The van der Waals surface area contributed by atoms with Crippen LogP contribution in [0.2, 0.25) is 0 Å². The Morgan fingerprint density at radius 3 is 0.885 bits per heavy atom. The first kappa shape index (κ1) is 59.6. The molecule has 0 aliphatic heterocycles. The molecule has 0 saturated heterocycles. The Labute approximate surface area is 381 Å². The molecule has 0 aliphatic carbocycles. The predicted octanol–water partition coefficient (Wildman–Crippen LogP) is 18.4. The number of carbonyl (C=O) groups excluding carboxylic acids is 2. The van der Waals surface area contributed by atoms with Crippen molar-refractivity contribution in [1.29, 1.82) is 0 Å². The highest BCUT2D eigenvalue weighted by Gasteiger charge is 2.16. The van der Waals surface area contributed by atoms with Crippen LogP contribution in [-0.2, 0) is 19.1 Å². The van der Waals surface area contributed by atoms with Gasteiger partial charge in [-0.3, -0.25) is 9.59 Å². The van der Waals surface area contributed by atoms with Crippen LogP contribution in [0.5, 0.6) is 0 Å². The second-order valence-electron chi connectivity index (χ2n) is 19.0. The van der Waals surface area contributed by atoms with Crippen molar-refractivity contribution in [3.05, 3.63) is 12.2 Å². The van der Waals surface area contributed by atoms with Crippen LogP contribution in [0, 0.1) is 0 Å². The number of hydrogen-bond donors (Lipinski definition) is 1. The topological polar surface area (TPSA) is 72.8 Å². The van der Waals surface area contributed by atoms with Crippen molar-refractivity contribution in [2.24, 2.45) is 0 Å². The highest BCUT2D eigenvalue weighted by atomic mass is 16.6. The lowest BCUT2D eigenvalue weighted by Crippen LogP contribution is -2.28. The zero-order valence-electron chi connectivity index (χ0n) is 41.5. The first-order chi connectivity index (χ1) is 30.1. The van der Waals surface area contributed by atoms with Crippen molar-refractivity contribution < 1.29 is 24.2 Å². The molecule has 1 N–H and O–H groups in total. The molecule has 0 rings (SSSR count). The minimum absolute atomic E-state index is 0.0586. The zero-order valence-corrected chi connectivity index (χ0v) is 41.5. The highest BCUT2D eigenvalue weighted by Crippen LogP contribution is 2.17. The summed E-state index contributed by atoms with van der Waals surface area (Å²) in [5.41, 5.74) is 0. The summed E-state index contributed by atoms with van der Waals surface area (Å²) in [5, 5.41) is 9.64. The molecule has 0 heterocycles. The van der Waals surface area contributed by atoms with E-state index in [1.165, 1.54) is 257 Å². The fraction of sp³-hybridized carbons (Fsp3) is 0.929.